The highest BCUT2D eigenvalue weighted by Gasteiger charge is 2.39. The molecule has 0 radical (unpaired) electrons. The maximum absolute atomic E-state index is 12.2. The van der Waals surface area contributed by atoms with Gasteiger partial charge in [0.05, 0.1) is 6.54 Å². The van der Waals surface area contributed by atoms with Gasteiger partial charge in [0.1, 0.15) is 5.54 Å². The van der Waals surface area contributed by atoms with Crippen molar-refractivity contribution in [3.63, 3.8) is 0 Å². The molecule has 1 aliphatic rings. The van der Waals surface area contributed by atoms with Gasteiger partial charge in [-0.2, -0.15) is 0 Å². The van der Waals surface area contributed by atoms with Crippen LogP contribution in [-0.4, -0.2) is 28.8 Å². The van der Waals surface area contributed by atoms with Gasteiger partial charge in [0, 0.05) is 22.2 Å². The fourth-order valence-corrected chi connectivity index (χ4v) is 2.60. The SMILES string of the molecule is CC1(C)NC(=O)CN(Cc2c(Cl)cccc2Cl)C1=O. The third kappa shape index (κ3) is 2.85. The van der Waals surface area contributed by atoms with E-state index in [0.717, 1.165) is 0 Å². The normalized spacial score (nSPS) is 18.4. The van der Waals surface area contributed by atoms with Crippen LogP contribution in [0.2, 0.25) is 10.0 Å². The first-order valence-corrected chi connectivity index (χ1v) is 6.60. The summed E-state index contributed by atoms with van der Waals surface area (Å²) in [5.41, 5.74) is -0.243. The molecule has 2 amide bonds. The Hall–Kier alpha value is -1.26. The van der Waals surface area contributed by atoms with Gasteiger partial charge in [-0.1, -0.05) is 29.3 Å². The molecule has 2 rings (SSSR count). The van der Waals surface area contributed by atoms with Gasteiger partial charge in [0.15, 0.2) is 0 Å². The summed E-state index contributed by atoms with van der Waals surface area (Å²) in [4.78, 5) is 25.3. The van der Waals surface area contributed by atoms with Crippen molar-refractivity contribution in [1.29, 1.82) is 0 Å². The fraction of sp³-hybridized carbons (Fsp3) is 0.385. The van der Waals surface area contributed by atoms with Crippen molar-refractivity contribution < 1.29 is 9.59 Å². The predicted octanol–water partition coefficient (Wildman–Crippen LogP) is 2.23. The van der Waals surface area contributed by atoms with Crippen molar-refractivity contribution in [3.05, 3.63) is 33.8 Å². The van der Waals surface area contributed by atoms with Gasteiger partial charge in [0.25, 0.3) is 0 Å². The lowest BCUT2D eigenvalue weighted by Gasteiger charge is -2.37. The summed E-state index contributed by atoms with van der Waals surface area (Å²) in [5.74, 6) is -0.337. The largest absolute Gasteiger partial charge is 0.341 e. The lowest BCUT2D eigenvalue weighted by Crippen LogP contribution is -2.63. The highest BCUT2D eigenvalue weighted by atomic mass is 35.5. The Morgan fingerprint density at radius 2 is 1.84 bits per heavy atom. The van der Waals surface area contributed by atoms with E-state index in [9.17, 15) is 9.59 Å². The maximum Gasteiger partial charge on any atom is 0.248 e. The smallest absolute Gasteiger partial charge is 0.248 e. The van der Waals surface area contributed by atoms with Crippen LogP contribution in [0, 0.1) is 0 Å². The van der Waals surface area contributed by atoms with Crippen LogP contribution < -0.4 is 5.32 Å². The van der Waals surface area contributed by atoms with Crippen molar-refractivity contribution in [2.45, 2.75) is 25.9 Å². The van der Waals surface area contributed by atoms with E-state index >= 15 is 0 Å². The van der Waals surface area contributed by atoms with Gasteiger partial charge >= 0.3 is 0 Å². The minimum atomic E-state index is -0.900. The second-order valence-electron chi connectivity index (χ2n) is 5.03. The Balaban J connectivity index is 2.27. The minimum absolute atomic E-state index is 0.0177. The molecule has 6 heteroatoms. The van der Waals surface area contributed by atoms with Gasteiger partial charge in [-0.15, -0.1) is 0 Å². The third-order valence-corrected chi connectivity index (χ3v) is 3.73. The summed E-state index contributed by atoms with van der Waals surface area (Å²) in [6, 6.07) is 5.16. The predicted molar refractivity (Wildman–Crippen MR) is 74.1 cm³/mol. The molecule has 0 spiro atoms. The van der Waals surface area contributed by atoms with Crippen LogP contribution in [0.4, 0.5) is 0 Å². The summed E-state index contributed by atoms with van der Waals surface area (Å²) in [7, 11) is 0. The Morgan fingerprint density at radius 3 is 2.42 bits per heavy atom. The molecule has 0 unspecified atom stereocenters. The third-order valence-electron chi connectivity index (χ3n) is 3.02. The highest BCUT2D eigenvalue weighted by molar-refractivity contribution is 6.36. The number of amides is 2. The Morgan fingerprint density at radius 1 is 1.26 bits per heavy atom. The number of halogens is 2. The molecule has 1 aliphatic heterocycles. The van der Waals surface area contributed by atoms with Crippen LogP contribution in [0.25, 0.3) is 0 Å². The first-order valence-electron chi connectivity index (χ1n) is 5.84. The van der Waals surface area contributed by atoms with Crippen molar-refractivity contribution in [1.82, 2.24) is 10.2 Å². The summed E-state index contributed by atoms with van der Waals surface area (Å²) < 4.78 is 0. The Bertz CT molecular complexity index is 523. The molecule has 0 atom stereocenters. The molecule has 1 saturated heterocycles. The zero-order valence-corrected chi connectivity index (χ0v) is 12.2. The monoisotopic (exact) mass is 300 g/mol. The Labute approximate surface area is 121 Å². The lowest BCUT2D eigenvalue weighted by molar-refractivity contribution is -0.148. The number of benzene rings is 1. The molecule has 1 N–H and O–H groups in total. The van der Waals surface area contributed by atoms with Crippen molar-refractivity contribution in [2.24, 2.45) is 0 Å². The average molecular weight is 301 g/mol. The summed E-state index contributed by atoms with van der Waals surface area (Å²) in [5, 5.41) is 3.63. The molecule has 102 valence electrons. The van der Waals surface area contributed by atoms with E-state index in [4.69, 9.17) is 23.2 Å². The fourth-order valence-electron chi connectivity index (χ4n) is 2.08. The topological polar surface area (TPSA) is 49.4 Å². The maximum atomic E-state index is 12.2. The van der Waals surface area contributed by atoms with Gasteiger partial charge < -0.3 is 10.2 Å². The zero-order valence-electron chi connectivity index (χ0n) is 10.7. The number of hydrogen-bond donors (Lipinski definition) is 1. The second-order valence-corrected chi connectivity index (χ2v) is 5.85. The summed E-state index contributed by atoms with van der Waals surface area (Å²) in [6.45, 7) is 3.60. The first kappa shape index (κ1) is 14.2. The van der Waals surface area contributed by atoms with E-state index in [1.165, 1.54) is 4.90 Å². The van der Waals surface area contributed by atoms with Crippen LogP contribution in [0.1, 0.15) is 19.4 Å². The number of carbonyl (C=O) groups is 2. The molecule has 0 aromatic heterocycles. The van der Waals surface area contributed by atoms with Crippen LogP contribution >= 0.6 is 23.2 Å². The average Bonchev–Trinajstić information content (AvgIpc) is 2.29. The van der Waals surface area contributed by atoms with Gasteiger partial charge in [0.2, 0.25) is 11.8 Å². The van der Waals surface area contributed by atoms with E-state index in [1.807, 2.05) is 0 Å². The summed E-state index contributed by atoms with van der Waals surface area (Å²) in [6.07, 6.45) is 0. The van der Waals surface area contributed by atoms with Crippen LogP contribution in [0.5, 0.6) is 0 Å². The molecule has 1 aromatic rings. The molecular formula is C13H14Cl2N2O2. The van der Waals surface area contributed by atoms with Gasteiger partial charge in [-0.05, 0) is 26.0 Å². The molecule has 1 fully saturated rings. The summed E-state index contributed by atoms with van der Waals surface area (Å²) >= 11 is 12.2. The van der Waals surface area contributed by atoms with E-state index < -0.39 is 5.54 Å². The Kier molecular flexibility index (Phi) is 3.74. The number of nitrogens with zero attached hydrogens (tertiary/aromatic N) is 1. The van der Waals surface area contributed by atoms with Crippen molar-refractivity contribution in [3.8, 4) is 0 Å². The first-order chi connectivity index (χ1) is 8.81. The molecule has 0 saturated carbocycles. The molecule has 1 heterocycles. The molecule has 19 heavy (non-hydrogen) atoms. The highest BCUT2D eigenvalue weighted by Crippen LogP contribution is 2.27. The van der Waals surface area contributed by atoms with Crippen LogP contribution in [-0.2, 0) is 16.1 Å². The number of piperazine rings is 1. The second kappa shape index (κ2) is 5.02. The van der Waals surface area contributed by atoms with Crippen LogP contribution in [0.15, 0.2) is 18.2 Å². The van der Waals surface area contributed by atoms with Gasteiger partial charge in [-0.25, -0.2) is 0 Å². The molecule has 1 aromatic carbocycles. The van der Waals surface area contributed by atoms with Crippen LogP contribution in [0.3, 0.4) is 0 Å². The van der Waals surface area contributed by atoms with E-state index in [2.05, 4.69) is 5.32 Å². The minimum Gasteiger partial charge on any atom is -0.341 e. The number of hydrogen-bond acceptors (Lipinski definition) is 2. The van der Waals surface area contributed by atoms with Crippen molar-refractivity contribution >= 4 is 35.0 Å². The number of carbonyl (C=O) groups excluding carboxylic acids is 2. The lowest BCUT2D eigenvalue weighted by atomic mass is 10.00. The zero-order chi connectivity index (χ0) is 14.2. The number of nitrogens with one attached hydrogen (secondary N) is 1. The molecular weight excluding hydrogens is 287 g/mol. The molecule has 0 bridgehead atoms. The van der Waals surface area contributed by atoms with E-state index in [0.29, 0.717) is 15.6 Å². The van der Waals surface area contributed by atoms with Gasteiger partial charge in [-0.3, -0.25) is 9.59 Å². The van der Waals surface area contributed by atoms with E-state index in [1.54, 1.807) is 32.0 Å². The van der Waals surface area contributed by atoms with Crippen molar-refractivity contribution in [2.75, 3.05) is 6.54 Å². The molecule has 4 nitrogen and oxygen atoms in total. The van der Waals surface area contributed by atoms with E-state index in [-0.39, 0.29) is 24.9 Å². The standard InChI is InChI=1S/C13H14Cl2N2O2/c1-13(2)12(19)17(7-11(18)16-13)6-8-9(14)4-3-5-10(8)15/h3-5H,6-7H2,1-2H3,(H,16,18). The quantitative estimate of drug-likeness (QED) is 0.910. The number of rotatable bonds is 2. The molecule has 0 aliphatic carbocycles.